The minimum atomic E-state index is -4.48. The second kappa shape index (κ2) is 8.65. The Morgan fingerprint density at radius 3 is 2.34 bits per heavy atom. The molecule has 32 heavy (non-hydrogen) atoms. The summed E-state index contributed by atoms with van der Waals surface area (Å²) in [5.41, 5.74) is 0.307. The molecule has 1 aromatic carbocycles. The smallest absolute Gasteiger partial charge is 0.417 e. The summed E-state index contributed by atoms with van der Waals surface area (Å²) in [5, 5.41) is 0. The van der Waals surface area contributed by atoms with Gasteiger partial charge in [-0.25, -0.2) is 4.98 Å². The summed E-state index contributed by atoms with van der Waals surface area (Å²) < 4.78 is 49.3. The summed E-state index contributed by atoms with van der Waals surface area (Å²) in [6, 6.07) is 7.13. The number of pyridine rings is 1. The molecule has 0 N–H and O–H groups in total. The monoisotopic (exact) mass is 447 g/mol. The van der Waals surface area contributed by atoms with Gasteiger partial charge >= 0.3 is 6.18 Å². The topological polar surface area (TPSA) is 65.5 Å². The highest BCUT2D eigenvalue weighted by Gasteiger charge is 2.46. The zero-order valence-corrected chi connectivity index (χ0v) is 17.7. The number of alkyl halides is 3. The standard InChI is InChI=1S/C24H24F3NO4/c1-2-15-3-5-17(32-21-6-4-16(14-28-21)24(25,26)27)11-18(15)22-19(29)12-23(13-20(22)30)7-9-31-10-8-23/h3-6,11,14,22H,2,7-10,12-13H2,1H3. The van der Waals surface area contributed by atoms with Crippen LogP contribution in [0, 0.1) is 5.41 Å². The van der Waals surface area contributed by atoms with Crippen LogP contribution in [0.15, 0.2) is 36.5 Å². The van der Waals surface area contributed by atoms with Crippen molar-refractivity contribution in [1.29, 1.82) is 0 Å². The Balaban J connectivity index is 1.58. The molecule has 2 aromatic rings. The van der Waals surface area contributed by atoms with Gasteiger partial charge in [0.15, 0.2) is 0 Å². The van der Waals surface area contributed by atoms with Crippen LogP contribution in [0.2, 0.25) is 0 Å². The molecule has 8 heteroatoms. The fraction of sp³-hybridized carbons (Fsp3) is 0.458. The SMILES string of the molecule is CCc1ccc(Oc2ccc(C(F)(F)F)cn2)cc1C1C(=O)CC2(CCOCC2)CC1=O. The number of carbonyl (C=O) groups excluding carboxylic acids is 2. The van der Waals surface area contributed by atoms with E-state index in [4.69, 9.17) is 9.47 Å². The van der Waals surface area contributed by atoms with E-state index in [9.17, 15) is 22.8 Å². The molecule has 0 unspecified atom stereocenters. The quantitative estimate of drug-likeness (QED) is 0.598. The van der Waals surface area contributed by atoms with Crippen molar-refractivity contribution in [1.82, 2.24) is 4.98 Å². The number of nitrogens with zero attached hydrogens (tertiary/aromatic N) is 1. The first-order chi connectivity index (χ1) is 15.2. The molecule has 2 aliphatic rings. The van der Waals surface area contributed by atoms with Gasteiger partial charge in [-0.1, -0.05) is 13.0 Å². The van der Waals surface area contributed by atoms with Crippen LogP contribution in [-0.4, -0.2) is 29.8 Å². The zero-order chi connectivity index (χ0) is 22.9. The molecule has 1 saturated carbocycles. The number of hydrogen-bond acceptors (Lipinski definition) is 5. The van der Waals surface area contributed by atoms with Crippen molar-refractivity contribution < 1.29 is 32.2 Å². The van der Waals surface area contributed by atoms with E-state index in [1.54, 1.807) is 18.2 Å². The molecule has 1 spiro atoms. The van der Waals surface area contributed by atoms with Crippen molar-refractivity contribution in [3.05, 3.63) is 53.2 Å². The number of rotatable bonds is 4. The van der Waals surface area contributed by atoms with Gasteiger partial charge in [0.05, 0.1) is 5.56 Å². The van der Waals surface area contributed by atoms with Gasteiger partial charge < -0.3 is 9.47 Å². The number of benzene rings is 1. The molecule has 2 heterocycles. The normalized spacial score (nSPS) is 19.4. The van der Waals surface area contributed by atoms with Crippen LogP contribution in [0.1, 0.15) is 55.2 Å². The number of ketones is 2. The number of halogens is 3. The lowest BCUT2D eigenvalue weighted by molar-refractivity contribution is -0.140. The minimum Gasteiger partial charge on any atom is -0.439 e. The Morgan fingerprint density at radius 2 is 1.78 bits per heavy atom. The van der Waals surface area contributed by atoms with Gasteiger partial charge in [0.1, 0.15) is 23.2 Å². The third-order valence-corrected chi connectivity index (χ3v) is 6.39. The van der Waals surface area contributed by atoms with Gasteiger partial charge in [0.25, 0.3) is 0 Å². The Labute approximate surface area is 183 Å². The Hall–Kier alpha value is -2.74. The highest BCUT2D eigenvalue weighted by molar-refractivity contribution is 6.10. The fourth-order valence-electron chi connectivity index (χ4n) is 4.65. The average Bonchev–Trinajstić information content (AvgIpc) is 2.74. The van der Waals surface area contributed by atoms with Crippen LogP contribution < -0.4 is 4.74 Å². The van der Waals surface area contributed by atoms with Gasteiger partial charge in [-0.05, 0) is 54.0 Å². The second-order valence-corrected chi connectivity index (χ2v) is 8.53. The van der Waals surface area contributed by atoms with Gasteiger partial charge in [0.2, 0.25) is 5.88 Å². The first-order valence-electron chi connectivity index (χ1n) is 10.7. The van der Waals surface area contributed by atoms with E-state index in [1.807, 2.05) is 6.92 Å². The predicted octanol–water partition coefficient (Wildman–Crippen LogP) is 5.27. The van der Waals surface area contributed by atoms with E-state index < -0.39 is 17.7 Å². The molecule has 0 radical (unpaired) electrons. The summed E-state index contributed by atoms with van der Waals surface area (Å²) in [7, 11) is 0. The Morgan fingerprint density at radius 1 is 1.09 bits per heavy atom. The number of carbonyl (C=O) groups is 2. The maximum atomic E-state index is 13.1. The molecule has 1 aromatic heterocycles. The van der Waals surface area contributed by atoms with Crippen LogP contribution in [0.3, 0.4) is 0 Å². The van der Waals surface area contributed by atoms with E-state index >= 15 is 0 Å². The summed E-state index contributed by atoms with van der Waals surface area (Å²) >= 11 is 0. The number of Topliss-reactive ketones (excluding diaryl/α,β-unsaturated/α-hetero) is 2. The van der Waals surface area contributed by atoms with E-state index in [-0.39, 0.29) is 22.9 Å². The third kappa shape index (κ3) is 4.55. The lowest BCUT2D eigenvalue weighted by Crippen LogP contribution is -2.42. The maximum Gasteiger partial charge on any atom is 0.417 e. The molecule has 2 fully saturated rings. The van der Waals surface area contributed by atoms with Crippen molar-refractivity contribution in [2.45, 2.75) is 51.1 Å². The van der Waals surface area contributed by atoms with Gasteiger partial charge in [-0.3, -0.25) is 9.59 Å². The van der Waals surface area contributed by atoms with Crippen LogP contribution >= 0.6 is 0 Å². The van der Waals surface area contributed by atoms with Crippen molar-refractivity contribution >= 4 is 11.6 Å². The van der Waals surface area contributed by atoms with Crippen molar-refractivity contribution in [3.63, 3.8) is 0 Å². The largest absolute Gasteiger partial charge is 0.439 e. The number of ether oxygens (including phenoxy) is 2. The molecular formula is C24H24F3NO4. The predicted molar refractivity (Wildman–Crippen MR) is 110 cm³/mol. The summed E-state index contributed by atoms with van der Waals surface area (Å²) in [5.74, 6) is -0.722. The van der Waals surface area contributed by atoms with Crippen molar-refractivity contribution in [2.24, 2.45) is 5.41 Å². The summed E-state index contributed by atoms with van der Waals surface area (Å²) in [6.45, 7) is 3.07. The Bertz CT molecular complexity index is 991. The highest BCUT2D eigenvalue weighted by Crippen LogP contribution is 2.46. The van der Waals surface area contributed by atoms with Crippen LogP contribution in [0.25, 0.3) is 0 Å². The fourth-order valence-corrected chi connectivity index (χ4v) is 4.65. The highest BCUT2D eigenvalue weighted by atomic mass is 19.4. The van der Waals surface area contributed by atoms with Crippen molar-refractivity contribution in [3.8, 4) is 11.6 Å². The van der Waals surface area contributed by atoms with E-state index in [1.165, 1.54) is 0 Å². The molecule has 1 aliphatic heterocycles. The zero-order valence-electron chi connectivity index (χ0n) is 17.7. The summed E-state index contributed by atoms with van der Waals surface area (Å²) in [6.07, 6.45) is -1.03. The first kappa shape index (κ1) is 22.5. The van der Waals surface area contributed by atoms with Crippen LogP contribution in [0.5, 0.6) is 11.6 Å². The number of aromatic nitrogens is 1. The lowest BCUT2D eigenvalue weighted by atomic mass is 9.63. The first-order valence-corrected chi connectivity index (χ1v) is 10.7. The van der Waals surface area contributed by atoms with Gasteiger partial charge in [0, 0.05) is 38.3 Å². The molecule has 1 saturated heterocycles. The molecular weight excluding hydrogens is 423 g/mol. The third-order valence-electron chi connectivity index (χ3n) is 6.39. The summed E-state index contributed by atoms with van der Waals surface area (Å²) in [4.78, 5) is 30.0. The van der Waals surface area contributed by atoms with Crippen LogP contribution in [0.4, 0.5) is 13.2 Å². The van der Waals surface area contributed by atoms with Gasteiger partial charge in [-0.2, -0.15) is 13.2 Å². The molecule has 0 atom stereocenters. The Kier molecular flexibility index (Phi) is 6.07. The lowest BCUT2D eigenvalue weighted by Gasteiger charge is -2.41. The molecule has 0 amide bonds. The van der Waals surface area contributed by atoms with Crippen molar-refractivity contribution in [2.75, 3.05) is 13.2 Å². The second-order valence-electron chi connectivity index (χ2n) is 8.53. The van der Waals surface area contributed by atoms with E-state index in [2.05, 4.69) is 4.98 Å². The molecule has 170 valence electrons. The number of aryl methyl sites for hydroxylation is 1. The van der Waals surface area contributed by atoms with Gasteiger partial charge in [-0.15, -0.1) is 0 Å². The van der Waals surface area contributed by atoms with E-state index in [0.717, 1.165) is 17.7 Å². The molecule has 5 nitrogen and oxygen atoms in total. The molecule has 1 aliphatic carbocycles. The average molecular weight is 447 g/mol. The van der Waals surface area contributed by atoms with E-state index in [0.29, 0.717) is 62.8 Å². The van der Waals surface area contributed by atoms with Crippen LogP contribution in [-0.2, 0) is 26.9 Å². The molecule has 0 bridgehead atoms. The molecule has 4 rings (SSSR count). The number of hydrogen-bond donors (Lipinski definition) is 0. The maximum absolute atomic E-state index is 13.1. The minimum absolute atomic E-state index is 0.00402.